The second-order valence-corrected chi connectivity index (χ2v) is 6.10. The average molecular weight is 383 g/mol. The summed E-state index contributed by atoms with van der Waals surface area (Å²) in [6, 6.07) is 10.1. The summed E-state index contributed by atoms with van der Waals surface area (Å²) in [4.78, 5) is 25.7. The van der Waals surface area contributed by atoms with Gasteiger partial charge in [0.1, 0.15) is 5.82 Å². The molecule has 0 unspecified atom stereocenters. The number of rotatable bonds is 6. The van der Waals surface area contributed by atoms with Crippen LogP contribution in [0.3, 0.4) is 0 Å². The summed E-state index contributed by atoms with van der Waals surface area (Å²) in [7, 11) is 0. The number of nitrogens with one attached hydrogen (secondary N) is 1. The molecule has 0 bridgehead atoms. The number of carbonyl (C=O) groups excluding carboxylic acids is 2. The Labute approximate surface area is 155 Å². The minimum absolute atomic E-state index is 0.115. The summed E-state index contributed by atoms with van der Waals surface area (Å²) >= 11 is 12.0. The summed E-state index contributed by atoms with van der Waals surface area (Å²) in [6.07, 6.45) is 0.355. The van der Waals surface area contributed by atoms with Gasteiger partial charge in [-0.2, -0.15) is 0 Å². The number of hydrogen-bond donors (Lipinski definition) is 1. The maximum atomic E-state index is 13.2. The minimum Gasteiger partial charge on any atom is -0.354 e. The van der Waals surface area contributed by atoms with E-state index in [0.717, 1.165) is 0 Å². The number of amides is 2. The van der Waals surface area contributed by atoms with Crippen molar-refractivity contribution in [3.05, 3.63) is 63.9 Å². The Morgan fingerprint density at radius 3 is 2.40 bits per heavy atom. The Morgan fingerprint density at radius 2 is 1.80 bits per heavy atom. The van der Waals surface area contributed by atoms with Crippen LogP contribution in [0.25, 0.3) is 0 Å². The molecule has 7 heteroatoms. The molecule has 1 N–H and O–H groups in total. The first kappa shape index (κ1) is 19.2. The van der Waals surface area contributed by atoms with E-state index in [1.165, 1.54) is 41.3 Å². The summed E-state index contributed by atoms with van der Waals surface area (Å²) in [5.74, 6) is -0.880. The quantitative estimate of drug-likeness (QED) is 0.809. The highest BCUT2D eigenvalue weighted by atomic mass is 35.5. The first-order valence-electron chi connectivity index (χ1n) is 7.71. The first-order valence-corrected chi connectivity index (χ1v) is 8.47. The van der Waals surface area contributed by atoms with Crippen LogP contribution in [0.2, 0.25) is 10.0 Å². The van der Waals surface area contributed by atoms with Gasteiger partial charge in [0.2, 0.25) is 5.91 Å². The van der Waals surface area contributed by atoms with Gasteiger partial charge in [0.05, 0.1) is 10.6 Å². The van der Waals surface area contributed by atoms with Gasteiger partial charge in [-0.1, -0.05) is 30.1 Å². The van der Waals surface area contributed by atoms with Crippen molar-refractivity contribution < 1.29 is 14.0 Å². The van der Waals surface area contributed by atoms with E-state index in [9.17, 15) is 14.0 Å². The minimum atomic E-state index is -0.403. The van der Waals surface area contributed by atoms with Crippen molar-refractivity contribution in [3.8, 4) is 0 Å². The van der Waals surface area contributed by atoms with Crippen LogP contribution in [0.1, 0.15) is 23.7 Å². The van der Waals surface area contributed by atoms with Gasteiger partial charge < -0.3 is 10.2 Å². The van der Waals surface area contributed by atoms with E-state index in [-0.39, 0.29) is 35.5 Å². The van der Waals surface area contributed by atoms with E-state index in [2.05, 4.69) is 5.32 Å². The fraction of sp³-hybridized carbons (Fsp3) is 0.222. The molecule has 4 nitrogen and oxygen atoms in total. The van der Waals surface area contributed by atoms with Gasteiger partial charge in [0, 0.05) is 30.2 Å². The largest absolute Gasteiger partial charge is 0.354 e. The lowest BCUT2D eigenvalue weighted by Gasteiger charge is -2.23. The molecule has 0 saturated carbocycles. The fourth-order valence-corrected chi connectivity index (χ4v) is 2.70. The summed E-state index contributed by atoms with van der Waals surface area (Å²) in [5, 5.41) is 3.36. The lowest BCUT2D eigenvalue weighted by Crippen LogP contribution is -2.38. The summed E-state index contributed by atoms with van der Waals surface area (Å²) in [6.45, 7) is 2.22. The lowest BCUT2D eigenvalue weighted by atomic mass is 10.1. The molecule has 2 aromatic rings. The molecule has 132 valence electrons. The van der Waals surface area contributed by atoms with Crippen molar-refractivity contribution in [2.75, 3.05) is 18.0 Å². The van der Waals surface area contributed by atoms with Crippen LogP contribution in [-0.4, -0.2) is 24.9 Å². The van der Waals surface area contributed by atoms with Gasteiger partial charge in [-0.05, 0) is 42.5 Å². The molecule has 2 rings (SSSR count). The Kier molecular flexibility index (Phi) is 6.79. The molecular formula is C18H17Cl2FN2O2. The smallest absolute Gasteiger partial charge is 0.259 e. The average Bonchev–Trinajstić information content (AvgIpc) is 2.59. The van der Waals surface area contributed by atoms with Crippen LogP contribution in [0.5, 0.6) is 0 Å². The third-order valence-corrected chi connectivity index (χ3v) is 4.07. The van der Waals surface area contributed by atoms with Crippen molar-refractivity contribution >= 4 is 40.7 Å². The maximum absolute atomic E-state index is 13.2. The number of benzene rings is 2. The Hall–Kier alpha value is -2.11. The highest BCUT2D eigenvalue weighted by Gasteiger charge is 2.20. The molecule has 25 heavy (non-hydrogen) atoms. The second-order valence-electron chi connectivity index (χ2n) is 5.26. The van der Waals surface area contributed by atoms with Crippen molar-refractivity contribution in [2.24, 2.45) is 0 Å². The van der Waals surface area contributed by atoms with Gasteiger partial charge in [-0.3, -0.25) is 9.59 Å². The van der Waals surface area contributed by atoms with E-state index in [1.807, 2.05) is 0 Å². The fourth-order valence-electron chi connectivity index (χ4n) is 2.21. The monoisotopic (exact) mass is 382 g/mol. The second kappa shape index (κ2) is 8.83. The highest BCUT2D eigenvalue weighted by molar-refractivity contribution is 6.37. The molecule has 0 spiro atoms. The molecule has 0 aromatic heterocycles. The summed E-state index contributed by atoms with van der Waals surface area (Å²) < 4.78 is 13.2. The van der Waals surface area contributed by atoms with Gasteiger partial charge in [-0.25, -0.2) is 4.39 Å². The standard InChI is InChI=1S/C18H17Cl2FN2O2/c1-2-17(24)22-9-10-23(14-6-4-13(21)5-7-14)18(25)15-8-3-12(19)11-16(15)20/h3-8,11H,2,9-10H2,1H3,(H,22,24). The molecule has 0 radical (unpaired) electrons. The maximum Gasteiger partial charge on any atom is 0.259 e. The van der Waals surface area contributed by atoms with E-state index in [0.29, 0.717) is 17.1 Å². The van der Waals surface area contributed by atoms with Crippen molar-refractivity contribution in [2.45, 2.75) is 13.3 Å². The zero-order chi connectivity index (χ0) is 18.4. The van der Waals surface area contributed by atoms with Crippen LogP contribution < -0.4 is 10.2 Å². The third kappa shape index (κ3) is 5.18. The van der Waals surface area contributed by atoms with Gasteiger partial charge in [-0.15, -0.1) is 0 Å². The SMILES string of the molecule is CCC(=O)NCCN(C(=O)c1ccc(Cl)cc1Cl)c1ccc(F)cc1. The molecule has 0 fully saturated rings. The zero-order valence-electron chi connectivity index (χ0n) is 13.6. The van der Waals surface area contributed by atoms with Crippen LogP contribution >= 0.6 is 23.2 Å². The van der Waals surface area contributed by atoms with Crippen LogP contribution in [-0.2, 0) is 4.79 Å². The van der Waals surface area contributed by atoms with E-state index in [1.54, 1.807) is 13.0 Å². The number of nitrogens with zero attached hydrogens (tertiary/aromatic N) is 1. The predicted octanol–water partition coefficient (Wildman–Crippen LogP) is 4.31. The molecule has 2 aromatic carbocycles. The van der Waals surface area contributed by atoms with Gasteiger partial charge >= 0.3 is 0 Å². The molecule has 0 aliphatic heterocycles. The Balaban J connectivity index is 2.27. The van der Waals surface area contributed by atoms with Crippen molar-refractivity contribution in [3.63, 3.8) is 0 Å². The molecule has 0 heterocycles. The highest BCUT2D eigenvalue weighted by Crippen LogP contribution is 2.25. The molecule has 0 aliphatic carbocycles. The van der Waals surface area contributed by atoms with E-state index < -0.39 is 5.82 Å². The molecular weight excluding hydrogens is 366 g/mol. The van der Waals surface area contributed by atoms with E-state index >= 15 is 0 Å². The van der Waals surface area contributed by atoms with Gasteiger partial charge in [0.15, 0.2) is 0 Å². The molecule has 0 aliphatic rings. The molecule has 0 saturated heterocycles. The Bertz CT molecular complexity index is 766. The number of anilines is 1. The lowest BCUT2D eigenvalue weighted by molar-refractivity contribution is -0.120. The van der Waals surface area contributed by atoms with Crippen LogP contribution in [0, 0.1) is 5.82 Å². The molecule has 0 atom stereocenters. The predicted molar refractivity (Wildman–Crippen MR) is 97.8 cm³/mol. The number of halogens is 3. The third-order valence-electron chi connectivity index (χ3n) is 3.52. The van der Waals surface area contributed by atoms with Crippen molar-refractivity contribution in [1.82, 2.24) is 5.32 Å². The van der Waals surface area contributed by atoms with Crippen LogP contribution in [0.4, 0.5) is 10.1 Å². The van der Waals surface area contributed by atoms with E-state index in [4.69, 9.17) is 23.2 Å². The number of carbonyl (C=O) groups is 2. The van der Waals surface area contributed by atoms with Gasteiger partial charge in [0.25, 0.3) is 5.91 Å². The molecule has 2 amide bonds. The van der Waals surface area contributed by atoms with Crippen LogP contribution in [0.15, 0.2) is 42.5 Å². The van der Waals surface area contributed by atoms with Crippen molar-refractivity contribution in [1.29, 1.82) is 0 Å². The first-order chi connectivity index (χ1) is 11.9. The summed E-state index contributed by atoms with van der Waals surface area (Å²) in [5.41, 5.74) is 0.778. The Morgan fingerprint density at radius 1 is 1.12 bits per heavy atom. The topological polar surface area (TPSA) is 49.4 Å². The number of hydrogen-bond acceptors (Lipinski definition) is 2. The zero-order valence-corrected chi connectivity index (χ0v) is 15.1. The normalized spacial score (nSPS) is 10.4.